The number of para-hydroxylation sites is 1. The van der Waals surface area contributed by atoms with Crippen molar-refractivity contribution in [2.45, 2.75) is 25.8 Å². The number of sulfonamides is 1. The summed E-state index contributed by atoms with van der Waals surface area (Å²) in [7, 11) is -2.11. The highest BCUT2D eigenvalue weighted by molar-refractivity contribution is 7.92. The lowest BCUT2D eigenvalue weighted by Crippen LogP contribution is -2.32. The van der Waals surface area contributed by atoms with Crippen LogP contribution in [0.3, 0.4) is 0 Å². The molecule has 0 aliphatic rings. The Hall–Kier alpha value is -3.14. The summed E-state index contributed by atoms with van der Waals surface area (Å²) in [4.78, 5) is 22.7. The van der Waals surface area contributed by atoms with Crippen molar-refractivity contribution < 1.29 is 22.9 Å². The van der Waals surface area contributed by atoms with Gasteiger partial charge in [0.25, 0.3) is 5.69 Å². The molecule has 2 rings (SSSR count). The highest BCUT2D eigenvalue weighted by Crippen LogP contribution is 2.25. The normalized spacial score (nSPS) is 12.1. The van der Waals surface area contributed by atoms with E-state index in [-0.39, 0.29) is 42.7 Å². The van der Waals surface area contributed by atoms with Gasteiger partial charge in [-0.05, 0) is 25.5 Å². The van der Waals surface area contributed by atoms with E-state index in [1.165, 1.54) is 24.3 Å². The molecule has 10 heteroatoms. The molecule has 0 heterocycles. The largest absolute Gasteiger partial charge is 0.496 e. The summed E-state index contributed by atoms with van der Waals surface area (Å²) in [6, 6.07) is 12.5. The van der Waals surface area contributed by atoms with E-state index in [1.54, 1.807) is 13.2 Å². The Morgan fingerprint density at radius 1 is 1.23 bits per heavy atom. The maximum Gasteiger partial charge on any atom is 0.271 e. The summed E-state index contributed by atoms with van der Waals surface area (Å²) >= 11 is 0. The number of ether oxygens (including phenoxy) is 1. The number of carbonyl (C=O) groups is 1. The van der Waals surface area contributed by atoms with Crippen LogP contribution in [0, 0.1) is 10.1 Å². The van der Waals surface area contributed by atoms with E-state index in [0.29, 0.717) is 5.75 Å². The number of amides is 1. The van der Waals surface area contributed by atoms with Gasteiger partial charge in [-0.15, -0.1) is 0 Å². The molecular weight excluding hydrogens is 410 g/mol. The predicted molar refractivity (Wildman–Crippen MR) is 114 cm³/mol. The first-order valence-electron chi connectivity index (χ1n) is 9.28. The molecule has 0 saturated carbocycles. The van der Waals surface area contributed by atoms with Crippen LogP contribution in [0.15, 0.2) is 48.5 Å². The quantitative estimate of drug-likeness (QED) is 0.453. The van der Waals surface area contributed by atoms with Gasteiger partial charge in [-0.25, -0.2) is 8.42 Å². The van der Waals surface area contributed by atoms with E-state index in [0.717, 1.165) is 16.1 Å². The minimum atomic E-state index is -3.67. The van der Waals surface area contributed by atoms with E-state index in [2.05, 4.69) is 5.32 Å². The Bertz CT molecular complexity index is 1010. The fourth-order valence-electron chi connectivity index (χ4n) is 3.05. The second kappa shape index (κ2) is 10.1. The molecule has 0 aliphatic heterocycles. The first-order valence-corrected chi connectivity index (χ1v) is 11.1. The lowest BCUT2D eigenvalue weighted by Gasteiger charge is -2.22. The number of non-ortho nitro benzene ring substituents is 1. The fraction of sp³-hybridized carbons (Fsp3) is 0.350. The van der Waals surface area contributed by atoms with Crippen LogP contribution in [0.25, 0.3) is 0 Å². The van der Waals surface area contributed by atoms with Crippen molar-refractivity contribution in [2.24, 2.45) is 0 Å². The molecule has 0 unspecified atom stereocenters. The van der Waals surface area contributed by atoms with Gasteiger partial charge in [0.2, 0.25) is 15.9 Å². The van der Waals surface area contributed by atoms with Gasteiger partial charge in [0.05, 0.1) is 30.0 Å². The lowest BCUT2D eigenvalue weighted by molar-refractivity contribution is -0.384. The number of nitrogens with one attached hydrogen (secondary N) is 1. The van der Waals surface area contributed by atoms with Gasteiger partial charge in [0.15, 0.2) is 0 Å². The number of nitro benzene ring substituents is 1. The summed E-state index contributed by atoms with van der Waals surface area (Å²) in [5.74, 6) is 0.431. The molecule has 0 bridgehead atoms. The van der Waals surface area contributed by atoms with E-state index in [4.69, 9.17) is 4.74 Å². The molecule has 1 amide bonds. The third kappa shape index (κ3) is 6.18. The predicted octanol–water partition coefficient (Wildman–Crippen LogP) is 3.03. The Kier molecular flexibility index (Phi) is 7.76. The molecule has 0 radical (unpaired) electrons. The maximum atomic E-state index is 12.3. The van der Waals surface area contributed by atoms with Crippen molar-refractivity contribution in [2.75, 3.05) is 24.2 Å². The van der Waals surface area contributed by atoms with Crippen molar-refractivity contribution in [1.29, 1.82) is 0 Å². The summed E-state index contributed by atoms with van der Waals surface area (Å²) in [6.45, 7) is 1.86. The van der Waals surface area contributed by atoms with Gasteiger partial charge in [-0.1, -0.05) is 24.3 Å². The number of hydrogen-bond donors (Lipinski definition) is 1. The third-order valence-electron chi connectivity index (χ3n) is 4.48. The number of rotatable bonds is 10. The Labute approximate surface area is 175 Å². The smallest absolute Gasteiger partial charge is 0.271 e. The van der Waals surface area contributed by atoms with Gasteiger partial charge in [-0.3, -0.25) is 19.2 Å². The minimum Gasteiger partial charge on any atom is -0.496 e. The zero-order valence-electron chi connectivity index (χ0n) is 17.1. The zero-order valence-corrected chi connectivity index (χ0v) is 17.9. The van der Waals surface area contributed by atoms with Gasteiger partial charge < -0.3 is 10.1 Å². The Morgan fingerprint density at radius 2 is 1.93 bits per heavy atom. The molecule has 0 saturated heterocycles. The van der Waals surface area contributed by atoms with E-state index < -0.39 is 14.9 Å². The maximum absolute atomic E-state index is 12.3. The summed E-state index contributed by atoms with van der Waals surface area (Å²) < 4.78 is 30.7. The van der Waals surface area contributed by atoms with Crippen molar-refractivity contribution in [3.05, 3.63) is 64.2 Å². The van der Waals surface area contributed by atoms with Crippen LogP contribution < -0.4 is 14.4 Å². The van der Waals surface area contributed by atoms with Crippen molar-refractivity contribution in [1.82, 2.24) is 5.32 Å². The molecule has 0 aromatic heterocycles. The summed E-state index contributed by atoms with van der Waals surface area (Å²) in [5, 5.41) is 13.8. The number of nitrogens with zero attached hydrogens (tertiary/aromatic N) is 2. The highest BCUT2D eigenvalue weighted by atomic mass is 32.2. The first-order chi connectivity index (χ1) is 14.1. The lowest BCUT2D eigenvalue weighted by atomic mass is 10.1. The van der Waals surface area contributed by atoms with Gasteiger partial charge in [-0.2, -0.15) is 0 Å². The van der Waals surface area contributed by atoms with Crippen LogP contribution in [0.2, 0.25) is 0 Å². The number of carbonyl (C=O) groups excluding carboxylic acids is 1. The van der Waals surface area contributed by atoms with Crippen LogP contribution in [-0.2, 0) is 14.8 Å². The van der Waals surface area contributed by atoms with Crippen LogP contribution >= 0.6 is 0 Å². The molecule has 162 valence electrons. The average molecular weight is 436 g/mol. The molecule has 2 aromatic carbocycles. The van der Waals surface area contributed by atoms with Gasteiger partial charge >= 0.3 is 0 Å². The summed E-state index contributed by atoms with van der Waals surface area (Å²) in [6.07, 6.45) is 1.37. The van der Waals surface area contributed by atoms with E-state index in [1.807, 2.05) is 25.1 Å². The van der Waals surface area contributed by atoms with Crippen LogP contribution in [0.5, 0.6) is 5.75 Å². The summed E-state index contributed by atoms with van der Waals surface area (Å²) in [5.41, 5.74) is 0.821. The van der Waals surface area contributed by atoms with Crippen LogP contribution in [-0.4, -0.2) is 39.2 Å². The van der Waals surface area contributed by atoms with Crippen molar-refractivity contribution in [3.8, 4) is 5.75 Å². The van der Waals surface area contributed by atoms with E-state index >= 15 is 0 Å². The number of hydrogen-bond acceptors (Lipinski definition) is 6. The van der Waals surface area contributed by atoms with Gasteiger partial charge in [0, 0.05) is 30.7 Å². The van der Waals surface area contributed by atoms with E-state index in [9.17, 15) is 23.3 Å². The standard InChI is InChI=1S/C20H25N3O6S/c1-15(18-10-4-5-11-19(18)29-2)21-20(24)12-7-13-22(30(3,27)28)16-8-6-9-17(14-16)23(25)26/h4-6,8-11,14-15H,7,12-13H2,1-3H3,(H,21,24)/t15-/m0/s1. The third-order valence-corrected chi connectivity index (χ3v) is 5.67. The molecule has 30 heavy (non-hydrogen) atoms. The van der Waals surface area contributed by atoms with Gasteiger partial charge in [0.1, 0.15) is 5.75 Å². The van der Waals surface area contributed by atoms with Crippen LogP contribution in [0.4, 0.5) is 11.4 Å². The second-order valence-corrected chi connectivity index (χ2v) is 8.65. The molecule has 0 fully saturated rings. The monoisotopic (exact) mass is 435 g/mol. The molecule has 9 nitrogen and oxygen atoms in total. The number of nitro groups is 1. The second-order valence-electron chi connectivity index (χ2n) is 6.75. The van der Waals surface area contributed by atoms with Crippen LogP contribution in [0.1, 0.15) is 31.4 Å². The topological polar surface area (TPSA) is 119 Å². The highest BCUT2D eigenvalue weighted by Gasteiger charge is 2.20. The molecule has 1 N–H and O–H groups in total. The molecule has 0 aliphatic carbocycles. The molecular formula is C20H25N3O6S. The van der Waals surface area contributed by atoms with Crippen molar-refractivity contribution >= 4 is 27.3 Å². The molecule has 0 spiro atoms. The average Bonchev–Trinajstić information content (AvgIpc) is 2.70. The molecule has 1 atom stereocenters. The number of methoxy groups -OCH3 is 1. The molecule has 2 aromatic rings. The fourth-order valence-corrected chi connectivity index (χ4v) is 4.00. The Balaban J connectivity index is 2.01. The SMILES string of the molecule is COc1ccccc1[C@H](C)NC(=O)CCCN(c1cccc([N+](=O)[O-])c1)S(C)(=O)=O. The Morgan fingerprint density at radius 3 is 2.57 bits per heavy atom. The van der Waals surface area contributed by atoms with Crippen molar-refractivity contribution in [3.63, 3.8) is 0 Å². The first kappa shape index (κ1) is 23.1. The number of anilines is 1. The number of benzene rings is 2. The zero-order chi connectivity index (χ0) is 22.3. The minimum absolute atomic E-state index is 0.0243.